The first-order valence-electron chi connectivity index (χ1n) is 9.12. The van der Waals surface area contributed by atoms with Crippen LogP contribution in [0.5, 0.6) is 5.75 Å². The summed E-state index contributed by atoms with van der Waals surface area (Å²) in [4.78, 5) is 14.1. The lowest BCUT2D eigenvalue weighted by molar-refractivity contribution is -0.125. The number of halogens is 2. The molecule has 3 rings (SSSR count). The van der Waals surface area contributed by atoms with Crippen LogP contribution in [-0.2, 0) is 4.79 Å². The monoisotopic (exact) mass is 417 g/mol. The third-order valence-electron chi connectivity index (χ3n) is 4.52. The van der Waals surface area contributed by atoms with Gasteiger partial charge in [-0.3, -0.25) is 4.79 Å². The highest BCUT2D eigenvalue weighted by atomic mass is 35.5. The number of benzene rings is 2. The number of hydrogen-bond donors (Lipinski definition) is 1. The molecule has 1 N–H and O–H groups in total. The van der Waals surface area contributed by atoms with Gasteiger partial charge in [0, 0.05) is 16.1 Å². The molecule has 0 saturated heterocycles. The number of nitrogens with one attached hydrogen (secondary N) is 1. The molecule has 1 heterocycles. The highest BCUT2D eigenvalue weighted by Gasteiger charge is 2.25. The lowest BCUT2D eigenvalue weighted by Crippen LogP contribution is -2.35. The Balaban J connectivity index is 1.77. The molecule has 1 aromatic heterocycles. The summed E-state index contributed by atoms with van der Waals surface area (Å²) >= 11 is 5.90. The predicted molar refractivity (Wildman–Crippen MR) is 107 cm³/mol. The van der Waals surface area contributed by atoms with Crippen LogP contribution in [0, 0.1) is 5.82 Å². The quantitative estimate of drug-likeness (QED) is 0.629. The van der Waals surface area contributed by atoms with Crippen molar-refractivity contribution in [2.75, 3.05) is 7.11 Å². The fourth-order valence-corrected chi connectivity index (χ4v) is 3.08. The standard InChI is InChI=1S/C20H21ClFN5O2/c1-4-17(27-25-19(24-26-27)13-5-7-14(21)8-6-13)20(28)23-12(2)16-11-15(22)9-10-18(16)29-3/h5-12,17H,4H2,1-3H3,(H,23,28). The van der Waals surface area contributed by atoms with Crippen LogP contribution in [0.4, 0.5) is 4.39 Å². The van der Waals surface area contributed by atoms with Crippen LogP contribution in [0.25, 0.3) is 11.4 Å². The highest BCUT2D eigenvalue weighted by molar-refractivity contribution is 6.30. The SMILES string of the molecule is CCC(C(=O)NC(C)c1cc(F)ccc1OC)n1nnc(-c2ccc(Cl)cc2)n1. The number of aromatic nitrogens is 4. The lowest BCUT2D eigenvalue weighted by atomic mass is 10.1. The Kier molecular flexibility index (Phi) is 6.43. The summed E-state index contributed by atoms with van der Waals surface area (Å²) in [6, 6.07) is 10.1. The fraction of sp³-hybridized carbons (Fsp3) is 0.300. The van der Waals surface area contributed by atoms with Gasteiger partial charge in [0.05, 0.1) is 13.2 Å². The number of amides is 1. The van der Waals surface area contributed by atoms with Crippen molar-refractivity contribution in [2.24, 2.45) is 0 Å². The zero-order chi connectivity index (χ0) is 21.0. The summed E-state index contributed by atoms with van der Waals surface area (Å²) in [5.41, 5.74) is 1.29. The number of methoxy groups -OCH3 is 1. The maximum Gasteiger partial charge on any atom is 0.247 e. The predicted octanol–water partition coefficient (Wildman–Crippen LogP) is 3.97. The lowest BCUT2D eigenvalue weighted by Gasteiger charge is -2.20. The Labute approximate surface area is 172 Å². The van der Waals surface area contributed by atoms with E-state index < -0.39 is 17.9 Å². The number of ether oxygens (including phenoxy) is 1. The molecule has 9 heteroatoms. The Bertz CT molecular complexity index is 993. The molecule has 29 heavy (non-hydrogen) atoms. The van der Waals surface area contributed by atoms with Crippen LogP contribution < -0.4 is 10.1 Å². The van der Waals surface area contributed by atoms with E-state index in [0.717, 1.165) is 5.56 Å². The minimum Gasteiger partial charge on any atom is -0.496 e. The molecule has 152 valence electrons. The van der Waals surface area contributed by atoms with Gasteiger partial charge in [0.2, 0.25) is 11.7 Å². The van der Waals surface area contributed by atoms with Crippen LogP contribution in [0.2, 0.25) is 5.02 Å². The summed E-state index contributed by atoms with van der Waals surface area (Å²) < 4.78 is 18.9. The fourth-order valence-electron chi connectivity index (χ4n) is 2.96. The molecule has 0 aliphatic heterocycles. The first-order chi connectivity index (χ1) is 13.9. The number of tetrazole rings is 1. The van der Waals surface area contributed by atoms with Gasteiger partial charge >= 0.3 is 0 Å². The van der Waals surface area contributed by atoms with E-state index in [4.69, 9.17) is 16.3 Å². The molecule has 2 aromatic carbocycles. The van der Waals surface area contributed by atoms with Crippen molar-refractivity contribution in [3.05, 3.63) is 58.9 Å². The van der Waals surface area contributed by atoms with Crippen LogP contribution in [0.15, 0.2) is 42.5 Å². The van der Waals surface area contributed by atoms with E-state index in [0.29, 0.717) is 28.6 Å². The third kappa shape index (κ3) is 4.71. The molecule has 2 atom stereocenters. The number of rotatable bonds is 7. The molecule has 7 nitrogen and oxygen atoms in total. The zero-order valence-corrected chi connectivity index (χ0v) is 17.0. The summed E-state index contributed by atoms with van der Waals surface area (Å²) in [5.74, 6) is 0.190. The summed E-state index contributed by atoms with van der Waals surface area (Å²) in [6.45, 7) is 3.61. The van der Waals surface area contributed by atoms with Gasteiger partial charge < -0.3 is 10.1 Å². The van der Waals surface area contributed by atoms with Gasteiger partial charge in [0.1, 0.15) is 11.6 Å². The van der Waals surface area contributed by atoms with Crippen LogP contribution in [-0.4, -0.2) is 33.2 Å². The Hall–Kier alpha value is -3.00. The van der Waals surface area contributed by atoms with Gasteiger partial charge in [-0.05, 0) is 61.0 Å². The molecule has 2 unspecified atom stereocenters. The molecular formula is C20H21ClFN5O2. The van der Waals surface area contributed by atoms with Crippen LogP contribution in [0.3, 0.4) is 0 Å². The van der Waals surface area contributed by atoms with E-state index in [-0.39, 0.29) is 5.91 Å². The number of carbonyl (C=O) groups is 1. The van der Waals surface area contributed by atoms with Crippen molar-refractivity contribution in [3.8, 4) is 17.1 Å². The molecule has 1 amide bonds. The molecule has 0 bridgehead atoms. The van der Waals surface area contributed by atoms with Crippen molar-refractivity contribution in [1.29, 1.82) is 0 Å². The van der Waals surface area contributed by atoms with Crippen molar-refractivity contribution in [1.82, 2.24) is 25.5 Å². The zero-order valence-electron chi connectivity index (χ0n) is 16.3. The maximum atomic E-state index is 13.7. The Morgan fingerprint density at radius 2 is 2.00 bits per heavy atom. The third-order valence-corrected chi connectivity index (χ3v) is 4.77. The smallest absolute Gasteiger partial charge is 0.247 e. The second-order valence-electron chi connectivity index (χ2n) is 6.48. The van der Waals surface area contributed by atoms with Gasteiger partial charge in [0.25, 0.3) is 0 Å². The molecule has 0 saturated carbocycles. The molecular weight excluding hydrogens is 397 g/mol. The van der Waals surface area contributed by atoms with Crippen LogP contribution in [0.1, 0.15) is 37.9 Å². The van der Waals surface area contributed by atoms with E-state index in [2.05, 4.69) is 20.7 Å². The second kappa shape index (κ2) is 9.00. The van der Waals surface area contributed by atoms with E-state index in [1.807, 2.05) is 6.92 Å². The molecule has 0 aliphatic carbocycles. The number of hydrogen-bond acceptors (Lipinski definition) is 5. The number of carbonyl (C=O) groups excluding carboxylic acids is 1. The molecule has 0 radical (unpaired) electrons. The van der Waals surface area contributed by atoms with Crippen molar-refractivity contribution in [3.63, 3.8) is 0 Å². The number of nitrogens with zero attached hydrogens (tertiary/aromatic N) is 4. The molecule has 0 aliphatic rings. The Morgan fingerprint density at radius 1 is 1.28 bits per heavy atom. The van der Waals surface area contributed by atoms with E-state index >= 15 is 0 Å². The molecule has 0 spiro atoms. The van der Waals surface area contributed by atoms with Crippen LogP contribution >= 0.6 is 11.6 Å². The summed E-state index contributed by atoms with van der Waals surface area (Å²) in [6.07, 6.45) is 0.454. The van der Waals surface area contributed by atoms with E-state index in [1.54, 1.807) is 31.2 Å². The van der Waals surface area contributed by atoms with Gasteiger partial charge in [-0.1, -0.05) is 18.5 Å². The van der Waals surface area contributed by atoms with E-state index in [9.17, 15) is 9.18 Å². The van der Waals surface area contributed by atoms with E-state index in [1.165, 1.54) is 30.1 Å². The maximum absolute atomic E-state index is 13.7. The molecule has 3 aromatic rings. The highest BCUT2D eigenvalue weighted by Crippen LogP contribution is 2.26. The first-order valence-corrected chi connectivity index (χ1v) is 9.50. The van der Waals surface area contributed by atoms with Gasteiger partial charge in [0.15, 0.2) is 6.04 Å². The normalized spacial score (nSPS) is 13.0. The van der Waals surface area contributed by atoms with Crippen molar-refractivity contribution in [2.45, 2.75) is 32.4 Å². The second-order valence-corrected chi connectivity index (χ2v) is 6.92. The van der Waals surface area contributed by atoms with Crippen molar-refractivity contribution < 1.29 is 13.9 Å². The largest absolute Gasteiger partial charge is 0.496 e. The minimum atomic E-state index is -0.662. The topological polar surface area (TPSA) is 81.9 Å². The Morgan fingerprint density at radius 3 is 2.66 bits per heavy atom. The average molecular weight is 418 g/mol. The first kappa shape index (κ1) is 20.7. The van der Waals surface area contributed by atoms with Gasteiger partial charge in [-0.25, -0.2) is 4.39 Å². The van der Waals surface area contributed by atoms with Crippen molar-refractivity contribution >= 4 is 17.5 Å². The minimum absolute atomic E-state index is 0.300. The average Bonchev–Trinajstić information content (AvgIpc) is 3.18. The van der Waals surface area contributed by atoms with Gasteiger partial charge in [-0.2, -0.15) is 4.80 Å². The molecule has 0 fully saturated rings. The van der Waals surface area contributed by atoms with Gasteiger partial charge in [-0.15, -0.1) is 10.2 Å². The summed E-state index contributed by atoms with van der Waals surface area (Å²) in [7, 11) is 1.50. The summed E-state index contributed by atoms with van der Waals surface area (Å²) in [5, 5.41) is 15.9.